The Labute approximate surface area is 331 Å². The minimum absolute atomic E-state index is 0.134. The average Bonchev–Trinajstić information content (AvgIpc) is 3.59. The molecule has 0 saturated heterocycles. The second kappa shape index (κ2) is 14.0. The fourth-order valence-corrected chi connectivity index (χ4v) is 9.07. The summed E-state index contributed by atoms with van der Waals surface area (Å²) in [5.41, 5.74) is 16.1. The standard InChI is InChI=1S/C52H42N2.C2H6/c1-51(2)45-19-11-13-21-49(45)54(42-29-24-39(25-30-42)37-16-8-5-9-17-37)50-32-33-52(3,35-46(50)51)40-26-31-48-44(34-40)43-18-10-12-20-47(43)53(48)41-27-22-38(23-28-41)36-14-6-4-7-15-36;1-2/h4-34H,35H2,1-3H3;1-2H3. The number of rotatable bonds is 5. The van der Waals surface area contributed by atoms with Crippen molar-refractivity contribution in [3.8, 4) is 27.9 Å². The third-order valence-electron chi connectivity index (χ3n) is 12.1. The number of para-hydroxylation sites is 2. The van der Waals surface area contributed by atoms with Crippen LogP contribution in [0, 0.1) is 0 Å². The molecule has 2 heterocycles. The van der Waals surface area contributed by atoms with E-state index in [1.807, 2.05) is 13.8 Å². The minimum Gasteiger partial charge on any atom is -0.310 e. The summed E-state index contributed by atoms with van der Waals surface area (Å²) in [7, 11) is 0. The number of hydrogen-bond acceptors (Lipinski definition) is 1. The molecule has 0 N–H and O–H groups in total. The molecule has 1 aliphatic carbocycles. The SMILES string of the molecule is CC.CC1(c2ccc3c(c2)c2ccccc2n3-c2ccc(-c3ccccc3)cc2)C=CC2=C(C1)C(C)(C)c1ccccc1N2c1ccc(-c2ccccc2)cc1. The van der Waals surface area contributed by atoms with E-state index in [9.17, 15) is 0 Å². The number of benzene rings is 7. The largest absolute Gasteiger partial charge is 0.310 e. The molecule has 1 unspecified atom stereocenters. The highest BCUT2D eigenvalue weighted by Crippen LogP contribution is 2.54. The molecule has 10 rings (SSSR count). The first-order valence-electron chi connectivity index (χ1n) is 20.1. The van der Waals surface area contributed by atoms with Crippen molar-refractivity contribution < 1.29 is 0 Å². The Morgan fingerprint density at radius 2 is 1.02 bits per heavy atom. The maximum atomic E-state index is 2.49. The molecule has 2 nitrogen and oxygen atoms in total. The zero-order valence-corrected chi connectivity index (χ0v) is 33.0. The maximum absolute atomic E-state index is 2.49. The van der Waals surface area contributed by atoms with E-state index in [1.165, 1.54) is 83.5 Å². The fraction of sp³-hybridized carbons (Fsp3) is 0.148. The molecular formula is C54H48N2. The molecule has 1 aliphatic heterocycles. The van der Waals surface area contributed by atoms with Crippen LogP contribution in [0.15, 0.2) is 199 Å². The Kier molecular flexibility index (Phi) is 8.86. The van der Waals surface area contributed by atoms with Gasteiger partial charge in [0.2, 0.25) is 0 Å². The van der Waals surface area contributed by atoms with Crippen LogP contribution < -0.4 is 4.90 Å². The third kappa shape index (κ3) is 5.80. The van der Waals surface area contributed by atoms with Crippen LogP contribution >= 0.6 is 0 Å². The number of anilines is 2. The topological polar surface area (TPSA) is 8.17 Å². The van der Waals surface area contributed by atoms with Gasteiger partial charge in [-0.05, 0) is 100.0 Å². The third-order valence-corrected chi connectivity index (χ3v) is 12.1. The number of hydrogen-bond donors (Lipinski definition) is 0. The van der Waals surface area contributed by atoms with Crippen molar-refractivity contribution in [2.45, 2.75) is 51.9 Å². The molecule has 56 heavy (non-hydrogen) atoms. The van der Waals surface area contributed by atoms with Crippen LogP contribution in [-0.2, 0) is 10.8 Å². The summed E-state index contributed by atoms with van der Waals surface area (Å²) in [5.74, 6) is 0. The first kappa shape index (κ1) is 35.3. The highest BCUT2D eigenvalue weighted by molar-refractivity contribution is 6.09. The molecule has 0 saturated carbocycles. The van der Waals surface area contributed by atoms with E-state index in [0.717, 1.165) is 6.42 Å². The Bertz CT molecular complexity index is 2750. The van der Waals surface area contributed by atoms with E-state index >= 15 is 0 Å². The van der Waals surface area contributed by atoms with Crippen LogP contribution in [0.25, 0.3) is 49.7 Å². The van der Waals surface area contributed by atoms with Crippen LogP contribution in [0.1, 0.15) is 52.2 Å². The van der Waals surface area contributed by atoms with Gasteiger partial charge in [0.1, 0.15) is 0 Å². The normalized spacial score (nSPS) is 17.0. The van der Waals surface area contributed by atoms with Gasteiger partial charge in [-0.1, -0.05) is 168 Å². The lowest BCUT2D eigenvalue weighted by molar-refractivity contribution is 0.489. The molecule has 274 valence electrons. The molecule has 7 aromatic carbocycles. The molecule has 1 atom stereocenters. The number of nitrogens with zero attached hydrogens (tertiary/aromatic N) is 2. The molecule has 2 heteroatoms. The molecule has 2 aliphatic rings. The van der Waals surface area contributed by atoms with Gasteiger partial charge in [-0.3, -0.25) is 0 Å². The Morgan fingerprint density at radius 3 is 1.68 bits per heavy atom. The van der Waals surface area contributed by atoms with Crippen molar-refractivity contribution in [1.82, 2.24) is 4.57 Å². The van der Waals surface area contributed by atoms with Crippen LogP contribution in [-0.4, -0.2) is 4.57 Å². The molecule has 0 radical (unpaired) electrons. The van der Waals surface area contributed by atoms with Crippen molar-refractivity contribution in [3.63, 3.8) is 0 Å². The van der Waals surface area contributed by atoms with Crippen molar-refractivity contribution in [3.05, 3.63) is 210 Å². The van der Waals surface area contributed by atoms with Crippen molar-refractivity contribution in [2.24, 2.45) is 0 Å². The summed E-state index contributed by atoms with van der Waals surface area (Å²) in [6.45, 7) is 11.2. The summed E-state index contributed by atoms with van der Waals surface area (Å²) >= 11 is 0. The first-order valence-corrected chi connectivity index (χ1v) is 20.1. The lowest BCUT2D eigenvalue weighted by atomic mass is 9.63. The molecule has 0 amide bonds. The number of allylic oxidation sites excluding steroid dienone is 3. The van der Waals surface area contributed by atoms with Gasteiger partial charge >= 0.3 is 0 Å². The van der Waals surface area contributed by atoms with E-state index in [4.69, 9.17) is 0 Å². The summed E-state index contributed by atoms with van der Waals surface area (Å²) in [6, 6.07) is 64.3. The van der Waals surface area contributed by atoms with Crippen molar-refractivity contribution >= 4 is 33.2 Å². The van der Waals surface area contributed by atoms with Gasteiger partial charge in [0.05, 0.1) is 16.7 Å². The molecule has 0 bridgehead atoms. The lowest BCUT2D eigenvalue weighted by Crippen LogP contribution is -2.39. The smallest absolute Gasteiger partial charge is 0.0541 e. The minimum atomic E-state index is -0.181. The summed E-state index contributed by atoms with van der Waals surface area (Å²) in [5, 5.41) is 2.57. The van der Waals surface area contributed by atoms with Crippen molar-refractivity contribution in [2.75, 3.05) is 4.90 Å². The second-order valence-corrected chi connectivity index (χ2v) is 15.7. The zero-order valence-electron chi connectivity index (χ0n) is 33.0. The number of aromatic nitrogens is 1. The molecule has 1 aromatic heterocycles. The lowest BCUT2D eigenvalue weighted by Gasteiger charge is -2.47. The molecular weight excluding hydrogens is 677 g/mol. The van der Waals surface area contributed by atoms with Crippen LogP contribution in [0.2, 0.25) is 0 Å². The average molecular weight is 725 g/mol. The highest BCUT2D eigenvalue weighted by Gasteiger charge is 2.43. The highest BCUT2D eigenvalue weighted by atomic mass is 15.2. The van der Waals surface area contributed by atoms with Gasteiger partial charge in [-0.15, -0.1) is 0 Å². The first-order chi connectivity index (χ1) is 27.4. The zero-order chi connectivity index (χ0) is 38.4. The van der Waals surface area contributed by atoms with Gasteiger partial charge in [0, 0.05) is 38.7 Å². The number of fused-ring (bicyclic) bond motifs is 4. The summed E-state index contributed by atoms with van der Waals surface area (Å²) in [4.78, 5) is 2.49. The Hall–Kier alpha value is -6.38. The van der Waals surface area contributed by atoms with Gasteiger partial charge in [0.15, 0.2) is 0 Å². The van der Waals surface area contributed by atoms with E-state index in [1.54, 1.807) is 0 Å². The predicted octanol–water partition coefficient (Wildman–Crippen LogP) is 14.7. The van der Waals surface area contributed by atoms with Gasteiger partial charge < -0.3 is 9.47 Å². The maximum Gasteiger partial charge on any atom is 0.0541 e. The fourth-order valence-electron chi connectivity index (χ4n) is 9.07. The van der Waals surface area contributed by atoms with Gasteiger partial charge in [-0.25, -0.2) is 0 Å². The van der Waals surface area contributed by atoms with Crippen LogP contribution in [0.3, 0.4) is 0 Å². The van der Waals surface area contributed by atoms with Gasteiger partial charge in [0.25, 0.3) is 0 Å². The van der Waals surface area contributed by atoms with Crippen LogP contribution in [0.5, 0.6) is 0 Å². The van der Waals surface area contributed by atoms with Crippen molar-refractivity contribution in [1.29, 1.82) is 0 Å². The predicted molar refractivity (Wildman–Crippen MR) is 239 cm³/mol. The van der Waals surface area contributed by atoms with E-state index in [2.05, 4.69) is 218 Å². The van der Waals surface area contributed by atoms with E-state index < -0.39 is 0 Å². The molecule has 8 aromatic rings. The summed E-state index contributed by atoms with van der Waals surface area (Å²) in [6.07, 6.45) is 5.80. The van der Waals surface area contributed by atoms with Gasteiger partial charge in [-0.2, -0.15) is 0 Å². The molecule has 0 fully saturated rings. The summed E-state index contributed by atoms with van der Waals surface area (Å²) < 4.78 is 2.42. The quantitative estimate of drug-likeness (QED) is 0.172. The monoisotopic (exact) mass is 724 g/mol. The van der Waals surface area contributed by atoms with E-state index in [-0.39, 0.29) is 10.8 Å². The van der Waals surface area contributed by atoms with Crippen LogP contribution in [0.4, 0.5) is 11.4 Å². The van der Waals surface area contributed by atoms with E-state index in [0.29, 0.717) is 0 Å². The Morgan fingerprint density at radius 1 is 0.482 bits per heavy atom. The Balaban J connectivity index is 0.00000202. The second-order valence-electron chi connectivity index (χ2n) is 15.7. The molecule has 0 spiro atoms.